The molecule has 0 spiro atoms. The van der Waals surface area contributed by atoms with Gasteiger partial charge in [-0.25, -0.2) is 0 Å². The number of rotatable bonds is 7. The molecule has 0 aromatic carbocycles. The molecule has 0 amide bonds. The fourth-order valence-electron chi connectivity index (χ4n) is 4.46. The molecule has 17 heavy (non-hydrogen) atoms. The summed E-state index contributed by atoms with van der Waals surface area (Å²) in [6, 6.07) is 0.779. The van der Waals surface area contributed by atoms with E-state index in [1.54, 1.807) is 12.8 Å². The van der Waals surface area contributed by atoms with Gasteiger partial charge in [-0.3, -0.25) is 0 Å². The van der Waals surface area contributed by atoms with Crippen LogP contribution in [0.25, 0.3) is 0 Å². The molecular formula is C16H31N. The number of hydrogen-bond acceptors (Lipinski definition) is 1. The van der Waals surface area contributed by atoms with Gasteiger partial charge in [0.05, 0.1) is 0 Å². The molecule has 1 N–H and O–H groups in total. The maximum Gasteiger partial charge on any atom is 0.00693 e. The standard InChI is InChI=1S/C16H31N/c1-4-5-12(2)8-16(17-3)11-15-10-13-6-7-14(15)9-13/h12-17H,4-11H2,1-3H3. The molecule has 2 rings (SSSR count). The summed E-state index contributed by atoms with van der Waals surface area (Å²) in [6.07, 6.45) is 11.8. The van der Waals surface area contributed by atoms with E-state index in [4.69, 9.17) is 0 Å². The van der Waals surface area contributed by atoms with Crippen molar-refractivity contribution in [1.29, 1.82) is 0 Å². The third-order valence-electron chi connectivity index (χ3n) is 5.35. The minimum absolute atomic E-state index is 0.779. The maximum absolute atomic E-state index is 3.58. The lowest BCUT2D eigenvalue weighted by Crippen LogP contribution is -2.31. The Morgan fingerprint density at radius 1 is 1.24 bits per heavy atom. The molecule has 0 aromatic heterocycles. The highest BCUT2D eigenvalue weighted by atomic mass is 14.9. The lowest BCUT2D eigenvalue weighted by molar-refractivity contribution is 0.261. The average Bonchev–Trinajstić information content (AvgIpc) is 2.90. The van der Waals surface area contributed by atoms with Gasteiger partial charge in [0.25, 0.3) is 0 Å². The molecule has 0 aromatic rings. The van der Waals surface area contributed by atoms with Crippen molar-refractivity contribution in [2.24, 2.45) is 23.7 Å². The predicted molar refractivity (Wildman–Crippen MR) is 75.1 cm³/mol. The molecule has 2 saturated carbocycles. The summed E-state index contributed by atoms with van der Waals surface area (Å²) in [5.41, 5.74) is 0. The molecule has 1 heteroatoms. The lowest BCUT2D eigenvalue weighted by Gasteiger charge is -2.28. The van der Waals surface area contributed by atoms with Gasteiger partial charge in [-0.05, 0) is 62.8 Å². The highest BCUT2D eigenvalue weighted by Gasteiger charge is 2.39. The zero-order valence-electron chi connectivity index (χ0n) is 12.0. The van der Waals surface area contributed by atoms with Gasteiger partial charge in [0.2, 0.25) is 0 Å². The fraction of sp³-hybridized carbons (Fsp3) is 1.00. The van der Waals surface area contributed by atoms with E-state index in [2.05, 4.69) is 26.2 Å². The van der Waals surface area contributed by atoms with Crippen molar-refractivity contribution < 1.29 is 0 Å². The SMILES string of the molecule is CCCC(C)CC(CC1CC2CCC1C2)NC. The van der Waals surface area contributed by atoms with Crippen LogP contribution in [0.3, 0.4) is 0 Å². The van der Waals surface area contributed by atoms with Crippen LogP contribution in [0.1, 0.15) is 65.2 Å². The predicted octanol–water partition coefficient (Wildman–Crippen LogP) is 4.23. The summed E-state index contributed by atoms with van der Waals surface area (Å²) >= 11 is 0. The largest absolute Gasteiger partial charge is 0.317 e. The van der Waals surface area contributed by atoms with Gasteiger partial charge in [-0.1, -0.05) is 33.1 Å². The van der Waals surface area contributed by atoms with E-state index in [0.717, 1.165) is 29.7 Å². The molecule has 5 atom stereocenters. The van der Waals surface area contributed by atoms with E-state index >= 15 is 0 Å². The zero-order valence-corrected chi connectivity index (χ0v) is 12.0. The Morgan fingerprint density at radius 3 is 2.59 bits per heavy atom. The average molecular weight is 237 g/mol. The second-order valence-electron chi connectivity index (χ2n) is 6.79. The van der Waals surface area contributed by atoms with Crippen LogP contribution >= 0.6 is 0 Å². The molecule has 0 aliphatic heterocycles. The first-order valence-corrected chi connectivity index (χ1v) is 7.90. The van der Waals surface area contributed by atoms with Crippen LogP contribution in [0.15, 0.2) is 0 Å². The van der Waals surface area contributed by atoms with Crippen LogP contribution < -0.4 is 5.32 Å². The van der Waals surface area contributed by atoms with E-state index in [1.807, 2.05) is 0 Å². The van der Waals surface area contributed by atoms with Crippen LogP contribution in [0.4, 0.5) is 0 Å². The van der Waals surface area contributed by atoms with Crippen LogP contribution in [-0.2, 0) is 0 Å². The molecule has 0 saturated heterocycles. The third-order valence-corrected chi connectivity index (χ3v) is 5.35. The molecular weight excluding hydrogens is 206 g/mol. The molecule has 5 unspecified atom stereocenters. The minimum Gasteiger partial charge on any atom is -0.317 e. The molecule has 1 nitrogen and oxygen atoms in total. The van der Waals surface area contributed by atoms with Crippen LogP contribution in [0.5, 0.6) is 0 Å². The Kier molecular flexibility index (Phi) is 4.90. The van der Waals surface area contributed by atoms with Gasteiger partial charge in [0.15, 0.2) is 0 Å². The van der Waals surface area contributed by atoms with Gasteiger partial charge in [-0.2, -0.15) is 0 Å². The quantitative estimate of drug-likeness (QED) is 0.699. The Bertz CT molecular complexity index is 226. The number of fused-ring (bicyclic) bond motifs is 2. The van der Waals surface area contributed by atoms with Crippen molar-refractivity contribution in [2.75, 3.05) is 7.05 Å². The Balaban J connectivity index is 1.75. The summed E-state index contributed by atoms with van der Waals surface area (Å²) in [5.74, 6) is 4.16. The normalized spacial score (nSPS) is 35.1. The molecule has 2 fully saturated rings. The summed E-state index contributed by atoms with van der Waals surface area (Å²) < 4.78 is 0. The molecule has 0 radical (unpaired) electrons. The summed E-state index contributed by atoms with van der Waals surface area (Å²) in [4.78, 5) is 0. The topological polar surface area (TPSA) is 12.0 Å². The maximum atomic E-state index is 3.58. The van der Waals surface area contributed by atoms with Crippen LogP contribution in [0, 0.1) is 23.7 Å². The van der Waals surface area contributed by atoms with Gasteiger partial charge in [0, 0.05) is 6.04 Å². The number of nitrogens with one attached hydrogen (secondary N) is 1. The van der Waals surface area contributed by atoms with Crippen molar-refractivity contribution in [2.45, 2.75) is 71.3 Å². The fourth-order valence-corrected chi connectivity index (χ4v) is 4.46. The first kappa shape index (κ1) is 13.4. The highest BCUT2D eigenvalue weighted by molar-refractivity contribution is 4.91. The van der Waals surface area contributed by atoms with Crippen molar-refractivity contribution >= 4 is 0 Å². The van der Waals surface area contributed by atoms with E-state index < -0.39 is 0 Å². The Labute approximate surface area is 108 Å². The lowest BCUT2D eigenvalue weighted by atomic mass is 9.82. The molecule has 2 aliphatic carbocycles. The van der Waals surface area contributed by atoms with Crippen molar-refractivity contribution in [3.8, 4) is 0 Å². The summed E-state index contributed by atoms with van der Waals surface area (Å²) in [7, 11) is 2.16. The smallest absolute Gasteiger partial charge is 0.00693 e. The van der Waals surface area contributed by atoms with Crippen molar-refractivity contribution in [3.63, 3.8) is 0 Å². The highest BCUT2D eigenvalue weighted by Crippen LogP contribution is 2.50. The molecule has 0 heterocycles. The monoisotopic (exact) mass is 237 g/mol. The molecule has 100 valence electrons. The van der Waals surface area contributed by atoms with E-state index in [1.165, 1.54) is 38.5 Å². The molecule has 2 aliphatic rings. The zero-order chi connectivity index (χ0) is 12.3. The van der Waals surface area contributed by atoms with Gasteiger partial charge in [0.1, 0.15) is 0 Å². The van der Waals surface area contributed by atoms with Gasteiger partial charge >= 0.3 is 0 Å². The third kappa shape index (κ3) is 3.47. The van der Waals surface area contributed by atoms with Crippen molar-refractivity contribution in [1.82, 2.24) is 5.32 Å². The Hall–Kier alpha value is -0.0400. The number of hydrogen-bond donors (Lipinski definition) is 1. The van der Waals surface area contributed by atoms with Gasteiger partial charge in [-0.15, -0.1) is 0 Å². The van der Waals surface area contributed by atoms with Crippen molar-refractivity contribution in [3.05, 3.63) is 0 Å². The van der Waals surface area contributed by atoms with Crippen LogP contribution in [0.2, 0.25) is 0 Å². The van der Waals surface area contributed by atoms with Crippen LogP contribution in [-0.4, -0.2) is 13.1 Å². The van der Waals surface area contributed by atoms with E-state index in [-0.39, 0.29) is 0 Å². The van der Waals surface area contributed by atoms with Gasteiger partial charge < -0.3 is 5.32 Å². The van der Waals surface area contributed by atoms with E-state index in [0.29, 0.717) is 0 Å². The second-order valence-corrected chi connectivity index (χ2v) is 6.79. The summed E-state index contributed by atoms with van der Waals surface area (Å²) in [5, 5.41) is 3.58. The molecule has 2 bridgehead atoms. The minimum atomic E-state index is 0.779. The first-order chi connectivity index (χ1) is 8.22. The first-order valence-electron chi connectivity index (χ1n) is 7.90. The second kappa shape index (κ2) is 6.22. The Morgan fingerprint density at radius 2 is 2.06 bits per heavy atom. The summed E-state index contributed by atoms with van der Waals surface area (Å²) in [6.45, 7) is 4.73. The van der Waals surface area contributed by atoms with E-state index in [9.17, 15) is 0 Å².